The maximum Gasteiger partial charge on any atom is 0.254 e. The molecule has 6 saturated heterocycles. The van der Waals surface area contributed by atoms with Crippen LogP contribution in [0.1, 0.15) is 134 Å². The molecule has 15 rings (SSSR count). The number of aryl methyl sites for hydroxylation is 6. The highest BCUT2D eigenvalue weighted by Crippen LogP contribution is 2.36. The number of pyridine rings is 3. The Hall–Kier alpha value is -12.4. The number of benzene rings is 6. The molecule has 9 aromatic rings. The summed E-state index contributed by atoms with van der Waals surface area (Å²) < 4.78 is 26.7. The number of nitriles is 3. The van der Waals surface area contributed by atoms with Gasteiger partial charge in [0.25, 0.3) is 17.7 Å². The Morgan fingerprint density at radius 3 is 1.08 bits per heavy atom. The first kappa shape index (κ1) is 84.5. The third-order valence-electron chi connectivity index (χ3n) is 24.2. The molecule has 9 heterocycles. The van der Waals surface area contributed by atoms with Crippen LogP contribution in [0, 0.1) is 87.2 Å². The zero-order valence-electron chi connectivity index (χ0n) is 69.4. The summed E-state index contributed by atoms with van der Waals surface area (Å²) in [6.07, 6.45) is 9.80. The quantitative estimate of drug-likeness (QED) is 0.0567. The molecule has 6 aliphatic heterocycles. The molecule has 0 radical (unpaired) electrons. The molecule has 0 saturated carbocycles. The lowest BCUT2D eigenvalue weighted by atomic mass is 9.96. The lowest BCUT2D eigenvalue weighted by molar-refractivity contribution is 0.0681. The summed E-state index contributed by atoms with van der Waals surface area (Å²) >= 11 is 0. The van der Waals surface area contributed by atoms with Gasteiger partial charge < -0.3 is 70.3 Å². The number of carbonyl (C=O) groups excluding carboxylic acids is 3. The minimum absolute atomic E-state index is 0.0614. The zero-order chi connectivity index (χ0) is 84.0. The number of rotatable bonds is 17. The Morgan fingerprint density at radius 1 is 0.420 bits per heavy atom. The number of anilines is 9. The van der Waals surface area contributed by atoms with E-state index in [1.54, 1.807) is 21.9 Å². The van der Waals surface area contributed by atoms with Crippen LogP contribution in [0.2, 0.25) is 0 Å². The number of hydrogen-bond acceptors (Lipinski definition) is 20. The summed E-state index contributed by atoms with van der Waals surface area (Å²) in [5.74, 6) is 1.28. The first-order valence-electron chi connectivity index (χ1n) is 41.4. The van der Waals surface area contributed by atoms with Crippen molar-refractivity contribution in [2.45, 2.75) is 130 Å². The van der Waals surface area contributed by atoms with Crippen molar-refractivity contribution in [3.63, 3.8) is 0 Å². The number of halogens is 2. The van der Waals surface area contributed by atoms with E-state index in [4.69, 9.17) is 0 Å². The number of piperidine rings is 3. The second kappa shape index (κ2) is 38.4. The third kappa shape index (κ3) is 19.9. The van der Waals surface area contributed by atoms with Crippen molar-refractivity contribution >= 4 is 69.3 Å². The Balaban J connectivity index is 0.000000155. The van der Waals surface area contributed by atoms with E-state index < -0.39 is 11.6 Å². The first-order chi connectivity index (χ1) is 57.5. The second-order valence-corrected chi connectivity index (χ2v) is 32.7. The highest BCUT2D eigenvalue weighted by atomic mass is 19.1. The van der Waals surface area contributed by atoms with Crippen molar-refractivity contribution in [3.8, 4) is 18.2 Å². The van der Waals surface area contributed by atoms with Gasteiger partial charge in [-0.25, -0.2) is 23.7 Å². The largest absolute Gasteiger partial charge is 0.394 e. The fraction of sp³-hybridized carbons (Fsp3) is 0.394. The summed E-state index contributed by atoms with van der Waals surface area (Å²) in [4.78, 5) is 72.6. The van der Waals surface area contributed by atoms with Crippen molar-refractivity contribution in [3.05, 3.63) is 249 Å². The fourth-order valence-corrected chi connectivity index (χ4v) is 17.5. The number of para-hydroxylation sites is 3. The maximum absolute atomic E-state index is 13.8. The Kier molecular flexibility index (Phi) is 27.3. The van der Waals surface area contributed by atoms with Crippen LogP contribution in [0.3, 0.4) is 0 Å². The predicted octanol–water partition coefficient (Wildman–Crippen LogP) is 13.6. The van der Waals surface area contributed by atoms with Crippen molar-refractivity contribution < 1.29 is 33.4 Å². The molecule has 6 aromatic carbocycles. The van der Waals surface area contributed by atoms with E-state index in [0.717, 1.165) is 169 Å². The standard InChI is InChI=1S/C32H38N6O.2C31H35FN6O2/c1-23-19-24(2)28(35-26-12-15-36(16-13-26)29-10-6-5-9-25(29)21-33)20-27(23)31(39)37-17-18-38(32(3,4)22-37)30-11-7-8-14-34-30;2*1-21-15-22(2)28(35-25-9-11-36(12-10-25)29-6-4-3-5-23(29)17-33)16-27(21)31(40)37-13-14-38(26(19-37)20-39)30-8-7-24(32)18-34-30/h5-11,14,19-20,26,35H,12-13,15-18,22H2,1-4H3;2*3-8,15-16,18,25-26,35,39H,9-14,19-20H2,1-2H3/t;2*26-/m.10/s1. The molecule has 2 atom stereocenters. The van der Waals surface area contributed by atoms with Crippen molar-refractivity contribution in [2.24, 2.45) is 0 Å². The van der Waals surface area contributed by atoms with Gasteiger partial charge in [0, 0.05) is 156 Å². The lowest BCUT2D eigenvalue weighted by Gasteiger charge is -2.48. The van der Waals surface area contributed by atoms with Gasteiger partial charge in [0.05, 0.1) is 77.0 Å². The highest BCUT2D eigenvalue weighted by molar-refractivity contribution is 5.99. The number of aliphatic hydroxyl groups is 2. The van der Waals surface area contributed by atoms with Gasteiger partial charge in [-0.2, -0.15) is 15.8 Å². The minimum atomic E-state index is -0.410. The van der Waals surface area contributed by atoms with Crippen LogP contribution in [0.25, 0.3) is 0 Å². The van der Waals surface area contributed by atoms with Crippen molar-refractivity contribution in [2.75, 3.05) is 157 Å². The number of amides is 3. The van der Waals surface area contributed by atoms with Crippen LogP contribution in [-0.4, -0.2) is 205 Å². The number of hydrogen-bond donors (Lipinski definition) is 5. The Bertz CT molecular complexity index is 4970. The van der Waals surface area contributed by atoms with Crippen LogP contribution in [-0.2, 0) is 0 Å². The number of aliphatic hydroxyl groups excluding tert-OH is 2. The molecule has 0 spiro atoms. The predicted molar refractivity (Wildman–Crippen MR) is 466 cm³/mol. The third-order valence-corrected chi connectivity index (χ3v) is 24.2. The fourth-order valence-electron chi connectivity index (χ4n) is 17.5. The molecular formula is C94H108F2N18O5. The minimum Gasteiger partial charge on any atom is -0.394 e. The molecule has 119 heavy (non-hydrogen) atoms. The molecule has 23 nitrogen and oxygen atoms in total. The van der Waals surface area contributed by atoms with Crippen LogP contribution in [0.15, 0.2) is 170 Å². The zero-order valence-corrected chi connectivity index (χ0v) is 69.4. The van der Waals surface area contributed by atoms with Crippen molar-refractivity contribution in [1.82, 2.24) is 29.7 Å². The second-order valence-electron chi connectivity index (χ2n) is 32.7. The SMILES string of the molecule is Cc1cc(C)c(C(=O)N2CCN(c3ccc(F)cn3)[C@@H](CO)C2)cc1NC1CCN(c2ccccc2C#N)CC1.Cc1cc(C)c(C(=O)N2CCN(c3ccc(F)cn3)[C@H](CO)C2)cc1NC1CCN(c2ccccc2C#N)CC1.Cc1cc(C)c(C(=O)N2CCN(c3ccccn3)C(C)(C)C2)cc1NC1CCN(c2ccccc2C#N)CC1. The van der Waals surface area contributed by atoms with Crippen LogP contribution in [0.5, 0.6) is 0 Å². The van der Waals surface area contributed by atoms with E-state index in [0.29, 0.717) is 92.3 Å². The monoisotopic (exact) mass is 1610 g/mol. The van der Waals surface area contributed by atoms with Crippen LogP contribution >= 0.6 is 0 Å². The van der Waals surface area contributed by atoms with E-state index in [1.165, 1.54) is 24.5 Å². The molecule has 5 N–H and O–H groups in total. The number of piperazine rings is 3. The molecule has 618 valence electrons. The number of aromatic nitrogens is 3. The van der Waals surface area contributed by atoms with Crippen LogP contribution in [0.4, 0.5) is 60.4 Å². The average molecular weight is 1610 g/mol. The van der Waals surface area contributed by atoms with Gasteiger partial charge in [-0.05, 0) is 218 Å². The lowest BCUT2D eigenvalue weighted by Crippen LogP contribution is -2.61. The van der Waals surface area contributed by atoms with Gasteiger partial charge >= 0.3 is 0 Å². The van der Waals surface area contributed by atoms with E-state index in [2.05, 4.69) is 128 Å². The van der Waals surface area contributed by atoms with Crippen LogP contribution < -0.4 is 45.3 Å². The number of carbonyl (C=O) groups is 3. The Morgan fingerprint density at radius 2 is 0.765 bits per heavy atom. The summed E-state index contributed by atoms with van der Waals surface area (Å²) in [6.45, 7) is 26.1. The number of nitrogens with zero attached hydrogens (tertiary/aromatic N) is 15. The molecule has 0 bridgehead atoms. The normalized spacial score (nSPS) is 17.8. The molecule has 3 amide bonds. The summed E-state index contributed by atoms with van der Waals surface area (Å²) in [5.41, 5.74) is 16.1. The smallest absolute Gasteiger partial charge is 0.254 e. The summed E-state index contributed by atoms with van der Waals surface area (Å²) in [5, 5.41) is 59.7. The van der Waals surface area contributed by atoms with Gasteiger partial charge in [0.2, 0.25) is 0 Å². The molecule has 25 heteroatoms. The molecule has 6 aliphatic rings. The van der Waals surface area contributed by atoms with E-state index >= 15 is 0 Å². The van der Waals surface area contributed by atoms with Gasteiger partial charge in [0.15, 0.2) is 0 Å². The molecule has 0 unspecified atom stereocenters. The summed E-state index contributed by atoms with van der Waals surface area (Å²) in [6, 6.07) is 54.5. The van der Waals surface area contributed by atoms with Gasteiger partial charge in [-0.1, -0.05) is 60.7 Å². The van der Waals surface area contributed by atoms with E-state index in [9.17, 15) is 49.2 Å². The van der Waals surface area contributed by atoms with Gasteiger partial charge in [-0.3, -0.25) is 14.4 Å². The molecule has 0 aliphatic carbocycles. The van der Waals surface area contributed by atoms with Gasteiger partial charge in [-0.15, -0.1) is 0 Å². The molecular weight excluding hydrogens is 1500 g/mol. The van der Waals surface area contributed by atoms with E-state index in [1.807, 2.05) is 145 Å². The van der Waals surface area contributed by atoms with E-state index in [-0.39, 0.29) is 60.6 Å². The average Bonchev–Trinajstić information content (AvgIpc) is 0.786. The Labute approximate surface area is 697 Å². The molecule has 6 fully saturated rings. The highest BCUT2D eigenvalue weighted by Gasteiger charge is 2.39. The maximum atomic E-state index is 13.8. The van der Waals surface area contributed by atoms with Gasteiger partial charge in [0.1, 0.15) is 47.3 Å². The summed E-state index contributed by atoms with van der Waals surface area (Å²) in [7, 11) is 0. The van der Waals surface area contributed by atoms with Crippen molar-refractivity contribution in [1.29, 1.82) is 15.8 Å². The topological polar surface area (TPSA) is 267 Å². The number of nitrogens with one attached hydrogen (secondary N) is 3. The molecule has 3 aromatic heterocycles. The first-order valence-corrected chi connectivity index (χ1v) is 41.4.